The van der Waals surface area contributed by atoms with Gasteiger partial charge in [0.25, 0.3) is 0 Å². The highest BCUT2D eigenvalue weighted by Crippen LogP contribution is 2.12. The van der Waals surface area contributed by atoms with E-state index in [0.29, 0.717) is 0 Å². The van der Waals surface area contributed by atoms with Gasteiger partial charge in [-0.1, -0.05) is 0 Å². The van der Waals surface area contributed by atoms with E-state index < -0.39 is 5.79 Å². The number of hydrogen-bond acceptors (Lipinski definition) is 3. The van der Waals surface area contributed by atoms with E-state index in [1.165, 1.54) is 13.8 Å². The molecule has 3 N–H and O–H groups in total. The van der Waals surface area contributed by atoms with Crippen molar-refractivity contribution >= 4 is 11.8 Å². The fraction of sp³-hybridized carbons (Fsp3) is 0.750. The fourth-order valence-electron chi connectivity index (χ4n) is 1.59. The van der Waals surface area contributed by atoms with Gasteiger partial charge in [0.2, 0.25) is 11.8 Å². The summed E-state index contributed by atoms with van der Waals surface area (Å²) >= 11 is 0. The maximum absolute atomic E-state index is 10.9. The number of carbonyl (C=O) groups is 2. The molecule has 0 aromatic rings. The minimum Gasteiger partial charge on any atom is -0.321 e. The zero-order chi connectivity index (χ0) is 9.90. The van der Waals surface area contributed by atoms with E-state index in [1.807, 2.05) is 0 Å². The summed E-state index contributed by atoms with van der Waals surface area (Å²) in [4.78, 5) is 21.8. The van der Waals surface area contributed by atoms with Crippen LogP contribution in [0.15, 0.2) is 0 Å². The maximum Gasteiger partial charge on any atom is 0.219 e. The Bertz CT molecular complexity index is 203. The molecular weight excluding hydrogens is 170 g/mol. The quantitative estimate of drug-likeness (QED) is 0.498. The van der Waals surface area contributed by atoms with Gasteiger partial charge in [-0.25, -0.2) is 0 Å². The van der Waals surface area contributed by atoms with Crippen LogP contribution in [0.25, 0.3) is 0 Å². The number of rotatable bonds is 2. The third-order valence-corrected chi connectivity index (χ3v) is 1.93. The summed E-state index contributed by atoms with van der Waals surface area (Å²) in [7, 11) is 0. The Morgan fingerprint density at radius 1 is 1.23 bits per heavy atom. The molecule has 0 aromatic heterocycles. The summed E-state index contributed by atoms with van der Waals surface area (Å²) in [6.07, 6.45) is 1.67. The molecule has 74 valence electrons. The third kappa shape index (κ3) is 2.69. The van der Waals surface area contributed by atoms with Gasteiger partial charge in [-0.3, -0.25) is 14.9 Å². The normalized spacial score (nSPS) is 19.5. The highest BCUT2D eigenvalue weighted by Gasteiger charge is 2.34. The summed E-state index contributed by atoms with van der Waals surface area (Å²) in [5.74, 6) is -1.01. The van der Waals surface area contributed by atoms with Crippen molar-refractivity contribution in [3.63, 3.8) is 0 Å². The van der Waals surface area contributed by atoms with Crippen molar-refractivity contribution in [3.05, 3.63) is 0 Å². The van der Waals surface area contributed by atoms with E-state index in [4.69, 9.17) is 0 Å². The van der Waals surface area contributed by atoms with Gasteiger partial charge >= 0.3 is 0 Å². The molecule has 0 radical (unpaired) electrons. The number of carbonyl (C=O) groups excluding carboxylic acids is 2. The van der Waals surface area contributed by atoms with Crippen LogP contribution in [-0.4, -0.2) is 24.1 Å². The van der Waals surface area contributed by atoms with Crippen molar-refractivity contribution in [1.82, 2.24) is 16.0 Å². The van der Waals surface area contributed by atoms with Gasteiger partial charge in [0.1, 0.15) is 0 Å². The first-order chi connectivity index (χ1) is 6.04. The van der Waals surface area contributed by atoms with Gasteiger partial charge in [0.05, 0.1) is 0 Å². The molecule has 5 nitrogen and oxygen atoms in total. The second kappa shape index (κ2) is 3.74. The molecule has 0 unspecified atom stereocenters. The van der Waals surface area contributed by atoms with Crippen LogP contribution in [0.1, 0.15) is 26.7 Å². The molecule has 0 saturated carbocycles. The zero-order valence-corrected chi connectivity index (χ0v) is 7.94. The van der Waals surface area contributed by atoms with Crippen LogP contribution in [0.2, 0.25) is 0 Å². The van der Waals surface area contributed by atoms with E-state index in [1.54, 1.807) is 0 Å². The molecule has 1 aliphatic heterocycles. The van der Waals surface area contributed by atoms with Crippen LogP contribution in [0, 0.1) is 0 Å². The fourth-order valence-corrected chi connectivity index (χ4v) is 1.59. The van der Waals surface area contributed by atoms with Crippen molar-refractivity contribution in [2.45, 2.75) is 32.5 Å². The van der Waals surface area contributed by atoms with E-state index in [9.17, 15) is 9.59 Å². The van der Waals surface area contributed by atoms with Crippen LogP contribution >= 0.6 is 0 Å². The Morgan fingerprint density at radius 3 is 2.08 bits per heavy atom. The molecule has 0 spiro atoms. The van der Waals surface area contributed by atoms with Crippen molar-refractivity contribution in [2.24, 2.45) is 0 Å². The Balaban J connectivity index is 2.62. The average Bonchev–Trinajstić information content (AvgIpc) is 2.33. The first kappa shape index (κ1) is 9.98. The number of nitrogens with one attached hydrogen (secondary N) is 3. The molecule has 1 fully saturated rings. The second-order valence-corrected chi connectivity index (χ2v) is 3.30. The monoisotopic (exact) mass is 185 g/mol. The van der Waals surface area contributed by atoms with Crippen LogP contribution in [0.3, 0.4) is 0 Å². The molecule has 0 aromatic carbocycles. The highest BCUT2D eigenvalue weighted by atomic mass is 16.2. The van der Waals surface area contributed by atoms with Crippen LogP contribution in [-0.2, 0) is 9.59 Å². The summed E-state index contributed by atoms with van der Waals surface area (Å²) in [6.45, 7) is 3.67. The Labute approximate surface area is 77.3 Å². The minimum absolute atomic E-state index is 0.150. The van der Waals surface area contributed by atoms with Crippen LogP contribution in [0.5, 0.6) is 0 Å². The van der Waals surface area contributed by atoms with Crippen molar-refractivity contribution in [3.8, 4) is 0 Å². The lowest BCUT2D eigenvalue weighted by Gasteiger charge is -2.30. The maximum atomic E-state index is 10.9. The molecule has 0 atom stereocenters. The zero-order valence-electron chi connectivity index (χ0n) is 7.94. The summed E-state index contributed by atoms with van der Waals surface area (Å²) in [5.41, 5.74) is 0. The van der Waals surface area contributed by atoms with Crippen LogP contribution < -0.4 is 16.0 Å². The summed E-state index contributed by atoms with van der Waals surface area (Å²) < 4.78 is 0. The predicted octanol–water partition coefficient (Wildman–Crippen LogP) is -0.704. The Hall–Kier alpha value is -1.10. The van der Waals surface area contributed by atoms with Gasteiger partial charge in [-0.05, 0) is 13.0 Å². The average molecular weight is 185 g/mol. The first-order valence-electron chi connectivity index (χ1n) is 4.37. The Morgan fingerprint density at radius 2 is 1.77 bits per heavy atom. The van der Waals surface area contributed by atoms with Crippen molar-refractivity contribution in [2.75, 3.05) is 6.54 Å². The first-order valence-corrected chi connectivity index (χ1v) is 4.37. The lowest BCUT2D eigenvalue weighted by molar-refractivity contribution is -0.125. The molecule has 2 amide bonds. The highest BCUT2D eigenvalue weighted by molar-refractivity contribution is 5.77. The number of amides is 2. The summed E-state index contributed by atoms with van der Waals surface area (Å²) in [6, 6.07) is 0. The second-order valence-electron chi connectivity index (χ2n) is 3.30. The third-order valence-electron chi connectivity index (χ3n) is 1.93. The summed E-state index contributed by atoms with van der Waals surface area (Å²) in [5, 5.41) is 8.48. The van der Waals surface area contributed by atoms with Crippen molar-refractivity contribution in [1.29, 1.82) is 0 Å². The topological polar surface area (TPSA) is 70.2 Å². The largest absolute Gasteiger partial charge is 0.321 e. The molecule has 13 heavy (non-hydrogen) atoms. The SMILES string of the molecule is CC(=O)NC1(NC(C)=O)CCCN1. The van der Waals surface area contributed by atoms with Gasteiger partial charge in [0, 0.05) is 20.3 Å². The predicted molar refractivity (Wildman–Crippen MR) is 47.6 cm³/mol. The van der Waals surface area contributed by atoms with Crippen molar-refractivity contribution < 1.29 is 9.59 Å². The Kier molecular flexibility index (Phi) is 2.87. The molecule has 1 heterocycles. The number of hydrogen-bond donors (Lipinski definition) is 3. The molecular formula is C8H15N3O2. The van der Waals surface area contributed by atoms with Crippen LogP contribution in [0.4, 0.5) is 0 Å². The molecule has 1 aliphatic rings. The van der Waals surface area contributed by atoms with E-state index in [0.717, 1.165) is 19.4 Å². The standard InChI is InChI=1S/C8H15N3O2/c1-6(12)10-8(11-7(2)13)4-3-5-9-8/h9H,3-5H2,1-2H3,(H,10,12)(H,11,13). The molecule has 0 aliphatic carbocycles. The smallest absolute Gasteiger partial charge is 0.219 e. The molecule has 5 heteroatoms. The van der Waals surface area contributed by atoms with E-state index in [-0.39, 0.29) is 11.8 Å². The van der Waals surface area contributed by atoms with Gasteiger partial charge in [0.15, 0.2) is 5.79 Å². The van der Waals surface area contributed by atoms with E-state index >= 15 is 0 Å². The molecule has 1 rings (SSSR count). The van der Waals surface area contributed by atoms with Gasteiger partial charge in [-0.15, -0.1) is 0 Å². The minimum atomic E-state index is -0.711. The lowest BCUT2D eigenvalue weighted by atomic mass is 10.2. The molecule has 1 saturated heterocycles. The lowest BCUT2D eigenvalue weighted by Crippen LogP contribution is -2.65. The van der Waals surface area contributed by atoms with E-state index in [2.05, 4.69) is 16.0 Å². The van der Waals surface area contributed by atoms with Gasteiger partial charge in [-0.2, -0.15) is 0 Å². The molecule has 0 bridgehead atoms. The van der Waals surface area contributed by atoms with Gasteiger partial charge < -0.3 is 10.6 Å².